The lowest BCUT2D eigenvalue weighted by molar-refractivity contribution is 0.0743. The molecule has 3 aromatic rings. The minimum absolute atomic E-state index is 0.167. The Bertz CT molecular complexity index is 845. The minimum atomic E-state index is -0.388. The summed E-state index contributed by atoms with van der Waals surface area (Å²) >= 11 is 0. The second kappa shape index (κ2) is 7.66. The molecule has 0 bridgehead atoms. The zero-order chi connectivity index (χ0) is 17.6. The van der Waals surface area contributed by atoms with Crippen LogP contribution in [0, 0.1) is 5.82 Å². The van der Waals surface area contributed by atoms with Gasteiger partial charge in [-0.1, -0.05) is 30.3 Å². The van der Waals surface area contributed by atoms with Crippen molar-refractivity contribution in [1.82, 2.24) is 4.90 Å². The quantitative estimate of drug-likeness (QED) is 0.675. The maximum Gasteiger partial charge on any atom is 0.289 e. The molecule has 0 aliphatic carbocycles. The van der Waals surface area contributed by atoms with Gasteiger partial charge < -0.3 is 14.1 Å². The molecule has 0 radical (unpaired) electrons. The summed E-state index contributed by atoms with van der Waals surface area (Å²) in [6.07, 6.45) is 0. The molecule has 25 heavy (non-hydrogen) atoms. The smallest absolute Gasteiger partial charge is 0.289 e. The van der Waals surface area contributed by atoms with E-state index in [4.69, 9.17) is 9.15 Å². The van der Waals surface area contributed by atoms with Crippen molar-refractivity contribution in [1.29, 1.82) is 0 Å². The van der Waals surface area contributed by atoms with E-state index in [1.54, 1.807) is 37.4 Å². The van der Waals surface area contributed by atoms with Crippen LogP contribution in [-0.2, 0) is 0 Å². The Balaban J connectivity index is 1.60. The van der Waals surface area contributed by atoms with Crippen LogP contribution in [0.1, 0.15) is 10.6 Å². The third kappa shape index (κ3) is 4.07. The summed E-state index contributed by atoms with van der Waals surface area (Å²) in [7, 11) is 1.67. The van der Waals surface area contributed by atoms with Crippen LogP contribution in [0.3, 0.4) is 0 Å². The van der Waals surface area contributed by atoms with Gasteiger partial charge in [0.25, 0.3) is 5.91 Å². The molecule has 1 amide bonds. The number of halogens is 1. The number of rotatable bonds is 6. The fourth-order valence-electron chi connectivity index (χ4n) is 2.37. The first-order valence-corrected chi connectivity index (χ1v) is 7.93. The number of likely N-dealkylation sites (N-methyl/N-ethyl adjacent to an activating group) is 1. The standard InChI is InChI=1S/C20H18FNO3/c1-22(13-14-24-15-7-3-2-4-8-15)20(23)19-12-11-18(25-19)16-9-5-6-10-17(16)21/h2-12H,13-14H2,1H3. The van der Waals surface area contributed by atoms with E-state index >= 15 is 0 Å². The van der Waals surface area contributed by atoms with Crippen molar-refractivity contribution in [2.75, 3.05) is 20.2 Å². The van der Waals surface area contributed by atoms with Gasteiger partial charge in [0.15, 0.2) is 5.76 Å². The number of nitrogens with zero attached hydrogens (tertiary/aromatic N) is 1. The number of amides is 1. The third-order valence-corrected chi connectivity index (χ3v) is 3.74. The highest BCUT2D eigenvalue weighted by Gasteiger charge is 2.17. The summed E-state index contributed by atoms with van der Waals surface area (Å²) in [6.45, 7) is 0.774. The molecular formula is C20H18FNO3. The Morgan fingerprint density at radius 2 is 1.76 bits per heavy atom. The van der Waals surface area contributed by atoms with Crippen molar-refractivity contribution in [2.45, 2.75) is 0 Å². The molecule has 0 atom stereocenters. The molecule has 0 saturated carbocycles. The van der Waals surface area contributed by atoms with Crippen LogP contribution in [0.2, 0.25) is 0 Å². The summed E-state index contributed by atoms with van der Waals surface area (Å²) in [5, 5.41) is 0. The van der Waals surface area contributed by atoms with Gasteiger partial charge in [0.1, 0.15) is 23.9 Å². The number of hydrogen-bond donors (Lipinski definition) is 0. The van der Waals surface area contributed by atoms with Gasteiger partial charge in [-0.3, -0.25) is 4.79 Å². The van der Waals surface area contributed by atoms with E-state index in [1.807, 2.05) is 30.3 Å². The second-order valence-electron chi connectivity index (χ2n) is 5.53. The summed E-state index contributed by atoms with van der Waals surface area (Å²) in [5.74, 6) is 0.582. The van der Waals surface area contributed by atoms with E-state index in [2.05, 4.69) is 0 Å². The number of furan rings is 1. The van der Waals surface area contributed by atoms with Gasteiger partial charge in [-0.2, -0.15) is 0 Å². The number of para-hydroxylation sites is 1. The lowest BCUT2D eigenvalue weighted by atomic mass is 10.1. The topological polar surface area (TPSA) is 42.7 Å². The van der Waals surface area contributed by atoms with Gasteiger partial charge in [-0.25, -0.2) is 4.39 Å². The Hall–Kier alpha value is -3.08. The molecule has 128 valence electrons. The van der Waals surface area contributed by atoms with Gasteiger partial charge in [0.2, 0.25) is 0 Å². The first-order chi connectivity index (χ1) is 12.1. The molecule has 2 aromatic carbocycles. The number of ether oxygens (including phenoxy) is 1. The number of carbonyl (C=O) groups excluding carboxylic acids is 1. The molecule has 0 unspecified atom stereocenters. The summed E-state index contributed by atoms with van der Waals surface area (Å²) in [4.78, 5) is 13.9. The number of hydrogen-bond acceptors (Lipinski definition) is 3. The molecule has 3 rings (SSSR count). The predicted octanol–water partition coefficient (Wildman–Crippen LogP) is 4.24. The van der Waals surface area contributed by atoms with Gasteiger partial charge in [0, 0.05) is 7.05 Å². The molecule has 5 heteroatoms. The van der Waals surface area contributed by atoms with Crippen molar-refractivity contribution in [2.24, 2.45) is 0 Å². The fraction of sp³-hybridized carbons (Fsp3) is 0.150. The maximum absolute atomic E-state index is 13.8. The fourth-order valence-corrected chi connectivity index (χ4v) is 2.37. The van der Waals surface area contributed by atoms with E-state index in [0.29, 0.717) is 24.5 Å². The van der Waals surface area contributed by atoms with Gasteiger partial charge in [-0.05, 0) is 36.4 Å². The Labute approximate surface area is 145 Å². The van der Waals surface area contributed by atoms with Crippen molar-refractivity contribution in [3.05, 3.63) is 78.3 Å². The molecule has 1 aromatic heterocycles. The Morgan fingerprint density at radius 1 is 1.04 bits per heavy atom. The van der Waals surface area contributed by atoms with Crippen LogP contribution in [-0.4, -0.2) is 31.0 Å². The number of benzene rings is 2. The average Bonchev–Trinajstić information content (AvgIpc) is 3.12. The van der Waals surface area contributed by atoms with Crippen LogP contribution < -0.4 is 4.74 Å². The first-order valence-electron chi connectivity index (χ1n) is 7.93. The lowest BCUT2D eigenvalue weighted by Crippen LogP contribution is -2.30. The first kappa shape index (κ1) is 16.8. The molecule has 0 N–H and O–H groups in total. The van der Waals surface area contributed by atoms with Gasteiger partial charge in [-0.15, -0.1) is 0 Å². The maximum atomic E-state index is 13.8. The zero-order valence-electron chi connectivity index (χ0n) is 13.8. The minimum Gasteiger partial charge on any atom is -0.492 e. The van der Waals surface area contributed by atoms with Gasteiger partial charge >= 0.3 is 0 Å². The molecule has 0 aliphatic rings. The van der Waals surface area contributed by atoms with Crippen molar-refractivity contribution < 1.29 is 18.3 Å². The van der Waals surface area contributed by atoms with Crippen LogP contribution >= 0.6 is 0 Å². The number of carbonyl (C=O) groups is 1. The largest absolute Gasteiger partial charge is 0.492 e. The lowest BCUT2D eigenvalue weighted by Gasteiger charge is -2.16. The molecule has 1 heterocycles. The summed E-state index contributed by atoms with van der Waals surface area (Å²) in [6, 6.07) is 18.8. The highest BCUT2D eigenvalue weighted by atomic mass is 19.1. The second-order valence-corrected chi connectivity index (χ2v) is 5.53. The van der Waals surface area contributed by atoms with Crippen LogP contribution in [0.15, 0.2) is 71.1 Å². The predicted molar refractivity (Wildman–Crippen MR) is 93.0 cm³/mol. The Kier molecular flexibility index (Phi) is 5.14. The Morgan fingerprint density at radius 3 is 2.52 bits per heavy atom. The molecule has 0 aliphatic heterocycles. The third-order valence-electron chi connectivity index (χ3n) is 3.74. The molecule has 0 spiro atoms. The highest BCUT2D eigenvalue weighted by molar-refractivity contribution is 5.91. The van der Waals surface area contributed by atoms with E-state index < -0.39 is 0 Å². The van der Waals surface area contributed by atoms with Crippen LogP contribution in [0.4, 0.5) is 4.39 Å². The van der Waals surface area contributed by atoms with Crippen molar-refractivity contribution in [3.8, 4) is 17.1 Å². The zero-order valence-corrected chi connectivity index (χ0v) is 13.8. The molecule has 4 nitrogen and oxygen atoms in total. The van der Waals surface area contributed by atoms with E-state index in [9.17, 15) is 9.18 Å². The van der Waals surface area contributed by atoms with Crippen LogP contribution in [0.25, 0.3) is 11.3 Å². The van der Waals surface area contributed by atoms with E-state index in [0.717, 1.165) is 5.75 Å². The van der Waals surface area contributed by atoms with Gasteiger partial charge in [0.05, 0.1) is 12.1 Å². The molecule has 0 saturated heterocycles. The summed E-state index contributed by atoms with van der Waals surface area (Å²) in [5.41, 5.74) is 0.330. The molecule has 0 fully saturated rings. The average molecular weight is 339 g/mol. The van der Waals surface area contributed by atoms with E-state index in [1.165, 1.54) is 11.0 Å². The van der Waals surface area contributed by atoms with Crippen LogP contribution in [0.5, 0.6) is 5.75 Å². The normalized spacial score (nSPS) is 10.5. The van der Waals surface area contributed by atoms with Crippen molar-refractivity contribution >= 4 is 5.91 Å². The highest BCUT2D eigenvalue weighted by Crippen LogP contribution is 2.25. The monoisotopic (exact) mass is 339 g/mol. The summed E-state index contributed by atoms with van der Waals surface area (Å²) < 4.78 is 24.9. The van der Waals surface area contributed by atoms with Crippen molar-refractivity contribution in [3.63, 3.8) is 0 Å². The molecular weight excluding hydrogens is 321 g/mol. The van der Waals surface area contributed by atoms with E-state index in [-0.39, 0.29) is 17.5 Å². The SMILES string of the molecule is CN(CCOc1ccccc1)C(=O)c1ccc(-c2ccccc2F)o1.